The van der Waals surface area contributed by atoms with Crippen molar-refractivity contribution in [2.75, 3.05) is 13.2 Å². The zero-order valence-corrected chi connectivity index (χ0v) is 10.4. The summed E-state index contributed by atoms with van der Waals surface area (Å²) >= 11 is 0. The van der Waals surface area contributed by atoms with Crippen molar-refractivity contribution in [1.29, 1.82) is 0 Å². The molecule has 0 aromatic rings. The number of nitrogens with one attached hydrogen (secondary N) is 1. The Hall–Kier alpha value is -1.52. The van der Waals surface area contributed by atoms with Gasteiger partial charge in [-0.25, -0.2) is 4.79 Å². The Bertz CT molecular complexity index is 365. The summed E-state index contributed by atoms with van der Waals surface area (Å²) in [6, 6.07) is 0. The lowest BCUT2D eigenvalue weighted by molar-refractivity contribution is -0.173. The predicted octanol–water partition coefficient (Wildman–Crippen LogP) is 1.93. The second-order valence-corrected chi connectivity index (χ2v) is 5.53. The van der Waals surface area contributed by atoms with Gasteiger partial charge in [0.2, 0.25) is 0 Å². The SMILES string of the molecule is C=CCOC(=O)NCC1(C(=O)O)CC2(CCC2)C1. The molecule has 0 radical (unpaired) electrons. The molecule has 2 aliphatic rings. The Morgan fingerprint density at radius 3 is 2.50 bits per heavy atom. The van der Waals surface area contributed by atoms with E-state index in [1.807, 2.05) is 0 Å². The van der Waals surface area contributed by atoms with Gasteiger partial charge >= 0.3 is 12.1 Å². The van der Waals surface area contributed by atoms with Crippen molar-refractivity contribution in [1.82, 2.24) is 5.32 Å². The van der Waals surface area contributed by atoms with Crippen LogP contribution in [-0.2, 0) is 9.53 Å². The van der Waals surface area contributed by atoms with Crippen molar-refractivity contribution in [3.05, 3.63) is 12.7 Å². The first-order valence-corrected chi connectivity index (χ1v) is 6.27. The van der Waals surface area contributed by atoms with Gasteiger partial charge in [0.1, 0.15) is 6.61 Å². The molecule has 2 rings (SSSR count). The van der Waals surface area contributed by atoms with E-state index in [9.17, 15) is 14.7 Å². The van der Waals surface area contributed by atoms with Gasteiger partial charge in [0.05, 0.1) is 5.41 Å². The third-order valence-corrected chi connectivity index (χ3v) is 4.20. The van der Waals surface area contributed by atoms with Gasteiger partial charge in [0.15, 0.2) is 0 Å². The number of hydrogen-bond donors (Lipinski definition) is 2. The molecule has 0 unspecified atom stereocenters. The van der Waals surface area contributed by atoms with E-state index in [-0.39, 0.29) is 18.6 Å². The number of ether oxygens (including phenoxy) is 1. The molecule has 18 heavy (non-hydrogen) atoms. The van der Waals surface area contributed by atoms with Crippen molar-refractivity contribution < 1.29 is 19.4 Å². The molecular formula is C13H19NO4. The number of carboxylic acids is 1. The maximum absolute atomic E-state index is 11.3. The van der Waals surface area contributed by atoms with Gasteiger partial charge in [0, 0.05) is 6.54 Å². The number of carboxylic acid groups (broad SMARTS) is 1. The monoisotopic (exact) mass is 253 g/mol. The molecule has 0 aromatic heterocycles. The zero-order valence-electron chi connectivity index (χ0n) is 10.4. The van der Waals surface area contributed by atoms with Crippen molar-refractivity contribution in [3.8, 4) is 0 Å². The van der Waals surface area contributed by atoms with Crippen LogP contribution in [0, 0.1) is 10.8 Å². The predicted molar refractivity (Wildman–Crippen MR) is 65.1 cm³/mol. The Labute approximate surface area is 106 Å². The zero-order chi connectivity index (χ0) is 13.2. The van der Waals surface area contributed by atoms with Crippen LogP contribution in [0.5, 0.6) is 0 Å². The van der Waals surface area contributed by atoms with Gasteiger partial charge < -0.3 is 15.2 Å². The van der Waals surface area contributed by atoms with E-state index < -0.39 is 17.5 Å². The first-order valence-electron chi connectivity index (χ1n) is 6.27. The first-order chi connectivity index (χ1) is 8.52. The fourth-order valence-electron chi connectivity index (χ4n) is 3.19. The largest absolute Gasteiger partial charge is 0.481 e. The number of alkyl carbamates (subject to hydrolysis) is 1. The summed E-state index contributed by atoms with van der Waals surface area (Å²) in [7, 11) is 0. The quantitative estimate of drug-likeness (QED) is 0.734. The molecule has 2 fully saturated rings. The number of rotatable bonds is 5. The van der Waals surface area contributed by atoms with Gasteiger partial charge in [0.25, 0.3) is 0 Å². The first kappa shape index (κ1) is 12.9. The molecule has 0 aliphatic heterocycles. The summed E-state index contributed by atoms with van der Waals surface area (Å²) in [5.41, 5.74) is -0.529. The molecular weight excluding hydrogens is 234 g/mol. The van der Waals surface area contributed by atoms with E-state index in [1.165, 1.54) is 12.5 Å². The Balaban J connectivity index is 1.83. The average Bonchev–Trinajstić information content (AvgIpc) is 2.22. The molecule has 0 saturated heterocycles. The smallest absolute Gasteiger partial charge is 0.407 e. The number of amides is 1. The highest BCUT2D eigenvalue weighted by molar-refractivity contribution is 5.78. The van der Waals surface area contributed by atoms with Crippen LogP contribution in [0.2, 0.25) is 0 Å². The molecule has 1 amide bonds. The van der Waals surface area contributed by atoms with Crippen LogP contribution in [0.4, 0.5) is 4.79 Å². The van der Waals surface area contributed by atoms with Gasteiger partial charge in [-0.05, 0) is 31.1 Å². The van der Waals surface area contributed by atoms with Crippen molar-refractivity contribution in [2.45, 2.75) is 32.1 Å². The highest BCUT2D eigenvalue weighted by Gasteiger charge is 2.60. The lowest BCUT2D eigenvalue weighted by Crippen LogP contribution is -2.59. The van der Waals surface area contributed by atoms with Crippen LogP contribution in [0.3, 0.4) is 0 Å². The summed E-state index contributed by atoms with van der Waals surface area (Å²) in [6.45, 7) is 3.72. The summed E-state index contributed by atoms with van der Waals surface area (Å²) in [6.07, 6.45) is 5.70. The summed E-state index contributed by atoms with van der Waals surface area (Å²) < 4.78 is 4.77. The lowest BCUT2D eigenvalue weighted by Gasteiger charge is -2.59. The van der Waals surface area contributed by atoms with E-state index in [0.717, 1.165) is 12.8 Å². The van der Waals surface area contributed by atoms with E-state index in [4.69, 9.17) is 4.74 Å². The molecule has 0 aromatic carbocycles. The fraction of sp³-hybridized carbons (Fsp3) is 0.692. The summed E-state index contributed by atoms with van der Waals surface area (Å²) in [4.78, 5) is 22.6. The molecule has 0 heterocycles. The highest BCUT2D eigenvalue weighted by Crippen LogP contribution is 2.64. The van der Waals surface area contributed by atoms with E-state index in [0.29, 0.717) is 12.8 Å². The molecule has 2 saturated carbocycles. The normalized spacial score (nSPS) is 22.4. The topological polar surface area (TPSA) is 75.6 Å². The number of aliphatic carboxylic acids is 1. The highest BCUT2D eigenvalue weighted by atomic mass is 16.5. The average molecular weight is 253 g/mol. The maximum atomic E-state index is 11.3. The van der Waals surface area contributed by atoms with Crippen molar-refractivity contribution >= 4 is 12.1 Å². The van der Waals surface area contributed by atoms with Gasteiger partial charge in [-0.3, -0.25) is 4.79 Å². The van der Waals surface area contributed by atoms with Crippen LogP contribution in [-0.4, -0.2) is 30.3 Å². The molecule has 100 valence electrons. The molecule has 0 bridgehead atoms. The Kier molecular flexibility index (Phi) is 3.32. The summed E-state index contributed by atoms with van der Waals surface area (Å²) in [5, 5.41) is 11.9. The molecule has 2 N–H and O–H groups in total. The Morgan fingerprint density at radius 2 is 2.06 bits per heavy atom. The second-order valence-electron chi connectivity index (χ2n) is 5.53. The van der Waals surface area contributed by atoms with Crippen LogP contribution >= 0.6 is 0 Å². The standard InChI is InChI=1S/C13H19NO4/c1-2-6-18-11(17)14-9-13(10(15)16)7-12(8-13)4-3-5-12/h2H,1,3-9H2,(H,14,17)(H,15,16). The minimum absolute atomic E-state index is 0.135. The van der Waals surface area contributed by atoms with Crippen LogP contribution in [0.25, 0.3) is 0 Å². The molecule has 5 heteroatoms. The van der Waals surface area contributed by atoms with Crippen molar-refractivity contribution in [3.63, 3.8) is 0 Å². The van der Waals surface area contributed by atoms with E-state index >= 15 is 0 Å². The van der Waals surface area contributed by atoms with Crippen molar-refractivity contribution in [2.24, 2.45) is 10.8 Å². The van der Waals surface area contributed by atoms with Crippen LogP contribution in [0.15, 0.2) is 12.7 Å². The van der Waals surface area contributed by atoms with Gasteiger partial charge in [-0.2, -0.15) is 0 Å². The third-order valence-electron chi connectivity index (χ3n) is 4.20. The maximum Gasteiger partial charge on any atom is 0.407 e. The lowest BCUT2D eigenvalue weighted by atomic mass is 9.45. The summed E-state index contributed by atoms with van der Waals surface area (Å²) in [5.74, 6) is -0.816. The third kappa shape index (κ3) is 2.21. The number of carbonyl (C=O) groups is 2. The molecule has 1 spiro atoms. The Morgan fingerprint density at radius 1 is 1.39 bits per heavy atom. The minimum atomic E-state index is -0.816. The van der Waals surface area contributed by atoms with Crippen LogP contribution < -0.4 is 5.32 Å². The van der Waals surface area contributed by atoms with Gasteiger partial charge in [-0.1, -0.05) is 19.1 Å². The molecule has 5 nitrogen and oxygen atoms in total. The van der Waals surface area contributed by atoms with Crippen LogP contribution in [0.1, 0.15) is 32.1 Å². The minimum Gasteiger partial charge on any atom is -0.481 e. The molecule has 2 aliphatic carbocycles. The van der Waals surface area contributed by atoms with Gasteiger partial charge in [-0.15, -0.1) is 0 Å². The van der Waals surface area contributed by atoms with E-state index in [2.05, 4.69) is 11.9 Å². The number of hydrogen-bond acceptors (Lipinski definition) is 3. The van der Waals surface area contributed by atoms with E-state index in [1.54, 1.807) is 0 Å². The molecule has 0 atom stereocenters. The fourth-order valence-corrected chi connectivity index (χ4v) is 3.19. The number of carbonyl (C=O) groups excluding carboxylic acids is 1. The second kappa shape index (κ2) is 4.63.